The van der Waals surface area contributed by atoms with Gasteiger partial charge < -0.3 is 10.6 Å². The summed E-state index contributed by atoms with van der Waals surface area (Å²) in [7, 11) is 0. The van der Waals surface area contributed by atoms with Gasteiger partial charge in [-0.1, -0.05) is 26.7 Å². The van der Waals surface area contributed by atoms with E-state index in [0.29, 0.717) is 0 Å². The SMILES string of the molecule is CCc1nn(C(C)C(=O)N2CCCCCC2)c(CC)c1N. The number of hydrogen-bond donors (Lipinski definition) is 1. The molecular formula is C16H28N4O. The first-order valence-electron chi connectivity index (χ1n) is 8.24. The maximum absolute atomic E-state index is 12.8. The van der Waals surface area contributed by atoms with Gasteiger partial charge >= 0.3 is 0 Å². The summed E-state index contributed by atoms with van der Waals surface area (Å²) in [6.45, 7) is 7.80. The number of likely N-dealkylation sites (tertiary alicyclic amines) is 1. The predicted octanol–water partition coefficient (Wildman–Crippen LogP) is 2.55. The van der Waals surface area contributed by atoms with Crippen molar-refractivity contribution in [2.75, 3.05) is 18.8 Å². The number of carbonyl (C=O) groups excluding carboxylic acids is 1. The molecule has 118 valence electrons. The minimum absolute atomic E-state index is 0.178. The first kappa shape index (κ1) is 15.9. The molecule has 0 aliphatic carbocycles. The Balaban J connectivity index is 2.22. The molecule has 1 fully saturated rings. The van der Waals surface area contributed by atoms with E-state index in [-0.39, 0.29) is 11.9 Å². The predicted molar refractivity (Wildman–Crippen MR) is 85.2 cm³/mol. The number of hydrogen-bond acceptors (Lipinski definition) is 3. The van der Waals surface area contributed by atoms with Crippen molar-refractivity contribution in [3.63, 3.8) is 0 Å². The zero-order valence-corrected chi connectivity index (χ0v) is 13.6. The van der Waals surface area contributed by atoms with Gasteiger partial charge in [-0.05, 0) is 32.6 Å². The zero-order chi connectivity index (χ0) is 15.4. The Morgan fingerprint density at radius 2 is 1.81 bits per heavy atom. The van der Waals surface area contributed by atoms with Crippen molar-refractivity contribution in [2.45, 2.75) is 65.3 Å². The van der Waals surface area contributed by atoms with Crippen molar-refractivity contribution in [3.8, 4) is 0 Å². The molecule has 1 saturated heterocycles. The van der Waals surface area contributed by atoms with Crippen LogP contribution in [0.2, 0.25) is 0 Å². The van der Waals surface area contributed by atoms with Gasteiger partial charge in [-0.3, -0.25) is 9.48 Å². The van der Waals surface area contributed by atoms with Crippen LogP contribution in [0.1, 0.15) is 63.9 Å². The average Bonchev–Trinajstić information content (AvgIpc) is 2.68. The van der Waals surface area contributed by atoms with Gasteiger partial charge in [0.15, 0.2) is 0 Å². The largest absolute Gasteiger partial charge is 0.396 e. The van der Waals surface area contributed by atoms with E-state index in [4.69, 9.17) is 5.73 Å². The van der Waals surface area contributed by atoms with Crippen molar-refractivity contribution in [2.24, 2.45) is 0 Å². The van der Waals surface area contributed by atoms with Crippen LogP contribution < -0.4 is 5.73 Å². The number of amides is 1. The molecule has 1 amide bonds. The van der Waals surface area contributed by atoms with Crippen LogP contribution in [0.4, 0.5) is 5.69 Å². The summed E-state index contributed by atoms with van der Waals surface area (Å²) >= 11 is 0. The monoisotopic (exact) mass is 292 g/mol. The van der Waals surface area contributed by atoms with E-state index in [1.165, 1.54) is 12.8 Å². The number of anilines is 1. The lowest BCUT2D eigenvalue weighted by molar-refractivity contribution is -0.134. The van der Waals surface area contributed by atoms with Gasteiger partial charge in [0.2, 0.25) is 5.91 Å². The van der Waals surface area contributed by atoms with Crippen LogP contribution in [0.5, 0.6) is 0 Å². The van der Waals surface area contributed by atoms with E-state index in [2.05, 4.69) is 12.0 Å². The molecule has 1 aromatic heterocycles. The smallest absolute Gasteiger partial charge is 0.247 e. The van der Waals surface area contributed by atoms with Gasteiger partial charge in [0.1, 0.15) is 6.04 Å². The molecule has 5 heteroatoms. The molecule has 1 aromatic rings. The molecule has 1 aliphatic heterocycles. The van der Waals surface area contributed by atoms with Crippen molar-refractivity contribution in [3.05, 3.63) is 11.4 Å². The Labute approximate surface area is 127 Å². The number of nitrogens with zero attached hydrogens (tertiary/aromatic N) is 3. The maximum Gasteiger partial charge on any atom is 0.247 e. The second kappa shape index (κ2) is 6.96. The van der Waals surface area contributed by atoms with Crippen molar-refractivity contribution >= 4 is 11.6 Å². The Morgan fingerprint density at radius 1 is 1.19 bits per heavy atom. The minimum Gasteiger partial charge on any atom is -0.396 e. The van der Waals surface area contributed by atoms with Gasteiger partial charge in [0.05, 0.1) is 17.1 Å². The molecule has 2 heterocycles. The van der Waals surface area contributed by atoms with Crippen LogP contribution in [0.3, 0.4) is 0 Å². The standard InChI is InChI=1S/C16H28N4O/c1-4-13-15(17)14(5-2)20(18-13)12(3)16(21)19-10-8-6-7-9-11-19/h12H,4-11,17H2,1-3H3. The lowest BCUT2D eigenvalue weighted by atomic mass is 10.2. The quantitative estimate of drug-likeness (QED) is 0.927. The fraction of sp³-hybridized carbons (Fsp3) is 0.750. The summed E-state index contributed by atoms with van der Waals surface area (Å²) in [4.78, 5) is 14.8. The highest BCUT2D eigenvalue weighted by Gasteiger charge is 2.26. The second-order valence-electron chi connectivity index (χ2n) is 5.87. The topological polar surface area (TPSA) is 64.2 Å². The molecule has 2 N–H and O–H groups in total. The number of nitrogen functional groups attached to an aromatic ring is 1. The number of aryl methyl sites for hydroxylation is 1. The molecule has 5 nitrogen and oxygen atoms in total. The lowest BCUT2D eigenvalue weighted by Gasteiger charge is -2.25. The van der Waals surface area contributed by atoms with E-state index in [0.717, 1.165) is 55.8 Å². The third-order valence-corrected chi connectivity index (χ3v) is 4.44. The number of carbonyl (C=O) groups is 1. The van der Waals surface area contributed by atoms with Crippen LogP contribution in [0.15, 0.2) is 0 Å². The fourth-order valence-corrected chi connectivity index (χ4v) is 3.13. The highest BCUT2D eigenvalue weighted by molar-refractivity contribution is 5.80. The first-order chi connectivity index (χ1) is 10.1. The fourth-order valence-electron chi connectivity index (χ4n) is 3.13. The number of nitrogens with two attached hydrogens (primary N) is 1. The maximum atomic E-state index is 12.8. The highest BCUT2D eigenvalue weighted by atomic mass is 16.2. The summed E-state index contributed by atoms with van der Waals surface area (Å²) in [5, 5.41) is 4.58. The molecule has 21 heavy (non-hydrogen) atoms. The minimum atomic E-state index is -0.263. The van der Waals surface area contributed by atoms with Gasteiger partial charge in [-0.25, -0.2) is 0 Å². The second-order valence-corrected chi connectivity index (χ2v) is 5.87. The van der Waals surface area contributed by atoms with Crippen molar-refractivity contribution < 1.29 is 4.79 Å². The number of rotatable bonds is 4. The van der Waals surface area contributed by atoms with Crippen LogP contribution >= 0.6 is 0 Å². The van der Waals surface area contributed by atoms with E-state index in [9.17, 15) is 4.79 Å². The van der Waals surface area contributed by atoms with E-state index in [1.54, 1.807) is 0 Å². The lowest BCUT2D eigenvalue weighted by Crippen LogP contribution is -2.37. The van der Waals surface area contributed by atoms with Crippen LogP contribution in [-0.2, 0) is 17.6 Å². The first-order valence-corrected chi connectivity index (χ1v) is 8.24. The normalized spacial score (nSPS) is 17.6. The Bertz CT molecular complexity index is 487. The third kappa shape index (κ3) is 3.22. The van der Waals surface area contributed by atoms with Gasteiger partial charge in [-0.15, -0.1) is 0 Å². The van der Waals surface area contributed by atoms with E-state index < -0.39 is 0 Å². The zero-order valence-electron chi connectivity index (χ0n) is 13.6. The Hall–Kier alpha value is -1.52. The van der Waals surface area contributed by atoms with Crippen LogP contribution in [0, 0.1) is 0 Å². The highest BCUT2D eigenvalue weighted by Crippen LogP contribution is 2.24. The molecule has 0 saturated carbocycles. The molecule has 0 spiro atoms. The molecule has 1 aliphatic rings. The summed E-state index contributed by atoms with van der Waals surface area (Å²) < 4.78 is 1.85. The molecular weight excluding hydrogens is 264 g/mol. The summed E-state index contributed by atoms with van der Waals surface area (Å²) in [5.74, 6) is 0.178. The summed E-state index contributed by atoms with van der Waals surface area (Å²) in [6.07, 6.45) is 6.29. The van der Waals surface area contributed by atoms with Crippen LogP contribution in [-0.4, -0.2) is 33.7 Å². The molecule has 2 rings (SSSR count). The van der Waals surface area contributed by atoms with Gasteiger partial charge in [0, 0.05) is 13.1 Å². The summed E-state index contributed by atoms with van der Waals surface area (Å²) in [6, 6.07) is -0.263. The van der Waals surface area contributed by atoms with Crippen molar-refractivity contribution in [1.82, 2.24) is 14.7 Å². The molecule has 1 unspecified atom stereocenters. The molecule has 0 radical (unpaired) electrons. The number of aromatic nitrogens is 2. The Morgan fingerprint density at radius 3 is 2.33 bits per heavy atom. The van der Waals surface area contributed by atoms with E-state index >= 15 is 0 Å². The molecule has 1 atom stereocenters. The van der Waals surface area contributed by atoms with Crippen LogP contribution in [0.25, 0.3) is 0 Å². The van der Waals surface area contributed by atoms with Crippen molar-refractivity contribution in [1.29, 1.82) is 0 Å². The third-order valence-electron chi connectivity index (χ3n) is 4.44. The Kier molecular flexibility index (Phi) is 5.26. The molecule has 0 bridgehead atoms. The average molecular weight is 292 g/mol. The van der Waals surface area contributed by atoms with Gasteiger partial charge in [0.25, 0.3) is 0 Å². The summed E-state index contributed by atoms with van der Waals surface area (Å²) in [5.41, 5.74) is 8.81. The van der Waals surface area contributed by atoms with E-state index in [1.807, 2.05) is 23.4 Å². The van der Waals surface area contributed by atoms with Gasteiger partial charge in [-0.2, -0.15) is 5.10 Å². The molecule has 0 aromatic carbocycles.